The molecular weight excluding hydrogens is 424 g/mol. The summed E-state index contributed by atoms with van der Waals surface area (Å²) >= 11 is 0. The van der Waals surface area contributed by atoms with E-state index in [0.29, 0.717) is 6.42 Å². The van der Waals surface area contributed by atoms with Gasteiger partial charge in [-0.3, -0.25) is 27.9 Å². The first-order chi connectivity index (χ1) is 15.6. The molecule has 10 heteroatoms. The maximum atomic E-state index is 13.1. The predicted molar refractivity (Wildman–Crippen MR) is 132 cm³/mol. The molecule has 10 nitrogen and oxygen atoms in total. The van der Waals surface area contributed by atoms with Crippen molar-refractivity contribution in [2.45, 2.75) is 70.6 Å². The molecule has 0 bridgehead atoms. The van der Waals surface area contributed by atoms with Gasteiger partial charge in [-0.25, -0.2) is 9.59 Å². The van der Waals surface area contributed by atoms with Crippen molar-refractivity contribution in [1.29, 1.82) is 0 Å². The Labute approximate surface area is 193 Å². The summed E-state index contributed by atoms with van der Waals surface area (Å²) in [5.41, 5.74) is 10.6. The zero-order chi connectivity index (χ0) is 24.9. The van der Waals surface area contributed by atoms with Gasteiger partial charge in [-0.2, -0.15) is 0 Å². The minimum absolute atomic E-state index is 0.00275. The van der Waals surface area contributed by atoms with E-state index in [2.05, 4.69) is 6.92 Å². The zero-order valence-corrected chi connectivity index (χ0v) is 20.5. The molecule has 0 radical (unpaired) electrons. The molecule has 0 unspecified atom stereocenters. The van der Waals surface area contributed by atoms with E-state index in [0.717, 1.165) is 34.8 Å². The first-order valence-corrected chi connectivity index (χ1v) is 11.7. The van der Waals surface area contributed by atoms with E-state index < -0.39 is 28.4 Å². The van der Waals surface area contributed by atoms with Crippen LogP contribution in [-0.2, 0) is 28.2 Å². The zero-order valence-electron chi connectivity index (χ0n) is 20.5. The lowest BCUT2D eigenvalue weighted by molar-refractivity contribution is 0.540. The van der Waals surface area contributed by atoms with Crippen molar-refractivity contribution in [2.24, 2.45) is 28.2 Å². The fourth-order valence-corrected chi connectivity index (χ4v) is 4.34. The third-order valence-corrected chi connectivity index (χ3v) is 6.54. The molecule has 184 valence electrons. The standard InChI is InChI=1S/C23H38N6O4/c1-6-7-8-9-10-11-12-13-14-15(16-18(24)26(2)22(32)28(4)20(16)30)17-19(25)27(3)23(33)29(5)21(17)31/h15H,6-14,24-25H2,1-5H3. The molecule has 0 aliphatic carbocycles. The highest BCUT2D eigenvalue weighted by molar-refractivity contribution is 5.51. The van der Waals surface area contributed by atoms with Gasteiger partial charge < -0.3 is 11.5 Å². The summed E-state index contributed by atoms with van der Waals surface area (Å²) in [6.45, 7) is 2.19. The number of rotatable bonds is 11. The van der Waals surface area contributed by atoms with Gasteiger partial charge in [-0.05, 0) is 6.42 Å². The number of hydrogen-bond donors (Lipinski definition) is 2. The highest BCUT2D eigenvalue weighted by Crippen LogP contribution is 2.31. The normalized spacial score (nSPS) is 11.5. The topological polar surface area (TPSA) is 140 Å². The van der Waals surface area contributed by atoms with Gasteiger partial charge in [-0.15, -0.1) is 0 Å². The van der Waals surface area contributed by atoms with Crippen LogP contribution in [0.25, 0.3) is 0 Å². The monoisotopic (exact) mass is 462 g/mol. The Hall–Kier alpha value is -3.04. The molecule has 0 aliphatic heterocycles. The predicted octanol–water partition coefficient (Wildman–Crippen LogP) is 1.31. The van der Waals surface area contributed by atoms with Crippen LogP contribution in [0.1, 0.15) is 81.8 Å². The van der Waals surface area contributed by atoms with Crippen molar-refractivity contribution in [3.05, 3.63) is 52.8 Å². The maximum Gasteiger partial charge on any atom is 0.332 e. The van der Waals surface area contributed by atoms with Crippen LogP contribution in [0.15, 0.2) is 19.2 Å². The van der Waals surface area contributed by atoms with Crippen LogP contribution in [0, 0.1) is 0 Å². The van der Waals surface area contributed by atoms with Gasteiger partial charge >= 0.3 is 11.4 Å². The molecule has 2 heterocycles. The molecule has 2 rings (SSSR count). The van der Waals surface area contributed by atoms with Crippen LogP contribution in [0.3, 0.4) is 0 Å². The molecule has 0 aromatic carbocycles. The molecule has 0 saturated heterocycles. The number of anilines is 2. The van der Waals surface area contributed by atoms with E-state index >= 15 is 0 Å². The summed E-state index contributed by atoms with van der Waals surface area (Å²) in [7, 11) is 5.72. The second kappa shape index (κ2) is 11.2. The molecule has 0 amide bonds. The molecule has 0 saturated carbocycles. The number of nitrogens with two attached hydrogens (primary N) is 2. The molecule has 33 heavy (non-hydrogen) atoms. The van der Waals surface area contributed by atoms with Gasteiger partial charge in [0.2, 0.25) is 0 Å². The van der Waals surface area contributed by atoms with E-state index in [1.165, 1.54) is 63.0 Å². The van der Waals surface area contributed by atoms with Gasteiger partial charge in [0, 0.05) is 34.1 Å². The van der Waals surface area contributed by atoms with Crippen LogP contribution >= 0.6 is 0 Å². The number of nitrogen functional groups attached to an aromatic ring is 2. The Balaban J connectivity index is 2.52. The Morgan fingerprint density at radius 3 is 1.36 bits per heavy atom. The number of unbranched alkanes of at least 4 members (excludes halogenated alkanes) is 7. The van der Waals surface area contributed by atoms with Gasteiger partial charge in [-0.1, -0.05) is 58.3 Å². The van der Waals surface area contributed by atoms with Crippen molar-refractivity contribution in [3.8, 4) is 0 Å². The van der Waals surface area contributed by atoms with E-state index in [4.69, 9.17) is 11.5 Å². The lowest BCUT2D eigenvalue weighted by Crippen LogP contribution is -2.44. The largest absolute Gasteiger partial charge is 0.385 e. The van der Waals surface area contributed by atoms with Crippen LogP contribution < -0.4 is 34.0 Å². The Kier molecular flexibility index (Phi) is 8.90. The summed E-state index contributed by atoms with van der Waals surface area (Å²) in [5.74, 6) is -0.730. The van der Waals surface area contributed by atoms with Crippen molar-refractivity contribution < 1.29 is 0 Å². The van der Waals surface area contributed by atoms with Crippen molar-refractivity contribution in [1.82, 2.24) is 18.3 Å². The smallest absolute Gasteiger partial charge is 0.332 e. The van der Waals surface area contributed by atoms with Gasteiger partial charge in [0.25, 0.3) is 11.1 Å². The molecule has 2 aromatic rings. The lowest BCUT2D eigenvalue weighted by Gasteiger charge is -2.23. The van der Waals surface area contributed by atoms with E-state index in [1.807, 2.05) is 0 Å². The lowest BCUT2D eigenvalue weighted by atomic mass is 9.87. The van der Waals surface area contributed by atoms with Gasteiger partial charge in [0.15, 0.2) is 0 Å². The maximum absolute atomic E-state index is 13.1. The highest BCUT2D eigenvalue weighted by atomic mass is 16.2. The number of aromatic nitrogens is 4. The molecule has 0 aliphatic rings. The summed E-state index contributed by atoms with van der Waals surface area (Å²) in [4.78, 5) is 50.9. The second-order valence-corrected chi connectivity index (χ2v) is 8.83. The Bertz CT molecular complexity index is 1130. The van der Waals surface area contributed by atoms with Gasteiger partial charge in [0.1, 0.15) is 11.6 Å². The first-order valence-electron chi connectivity index (χ1n) is 11.7. The van der Waals surface area contributed by atoms with Crippen molar-refractivity contribution >= 4 is 11.6 Å². The summed E-state index contributed by atoms with van der Waals surface area (Å²) < 4.78 is 4.35. The van der Waals surface area contributed by atoms with Crippen molar-refractivity contribution in [3.63, 3.8) is 0 Å². The number of nitrogens with zero attached hydrogens (tertiary/aromatic N) is 4. The molecular formula is C23H38N6O4. The highest BCUT2D eigenvalue weighted by Gasteiger charge is 2.29. The van der Waals surface area contributed by atoms with E-state index in [-0.39, 0.29) is 22.8 Å². The molecule has 0 fully saturated rings. The van der Waals surface area contributed by atoms with Crippen LogP contribution in [0.4, 0.5) is 11.6 Å². The van der Waals surface area contributed by atoms with Crippen LogP contribution in [-0.4, -0.2) is 18.3 Å². The Morgan fingerprint density at radius 1 is 0.606 bits per heavy atom. The van der Waals surface area contributed by atoms with Gasteiger partial charge in [0.05, 0.1) is 11.1 Å². The minimum atomic E-state index is -0.735. The minimum Gasteiger partial charge on any atom is -0.385 e. The molecule has 0 atom stereocenters. The summed E-state index contributed by atoms with van der Waals surface area (Å²) in [6.07, 6.45) is 9.19. The Morgan fingerprint density at radius 2 is 0.970 bits per heavy atom. The first kappa shape index (κ1) is 26.2. The van der Waals surface area contributed by atoms with Crippen LogP contribution in [0.2, 0.25) is 0 Å². The number of hydrogen-bond acceptors (Lipinski definition) is 6. The average molecular weight is 463 g/mol. The SMILES string of the molecule is CCCCCCCCCCC(c1c(N)n(C)c(=O)n(C)c1=O)c1c(N)n(C)c(=O)n(C)c1=O. The van der Waals surface area contributed by atoms with Crippen molar-refractivity contribution in [2.75, 3.05) is 11.5 Å². The van der Waals surface area contributed by atoms with E-state index in [9.17, 15) is 19.2 Å². The fourth-order valence-electron chi connectivity index (χ4n) is 4.34. The van der Waals surface area contributed by atoms with Crippen LogP contribution in [0.5, 0.6) is 0 Å². The molecule has 2 aromatic heterocycles. The summed E-state index contributed by atoms with van der Waals surface area (Å²) in [5, 5.41) is 0. The quantitative estimate of drug-likeness (QED) is 0.483. The third-order valence-electron chi connectivity index (χ3n) is 6.54. The summed E-state index contributed by atoms with van der Waals surface area (Å²) in [6, 6.07) is 0. The molecule has 0 spiro atoms. The third kappa shape index (κ3) is 5.31. The molecule has 4 N–H and O–H groups in total. The second-order valence-electron chi connectivity index (χ2n) is 8.83. The average Bonchev–Trinajstić information content (AvgIpc) is 2.80. The fraction of sp³-hybridized carbons (Fsp3) is 0.652. The van der Waals surface area contributed by atoms with E-state index in [1.54, 1.807) is 0 Å².